The highest BCUT2D eigenvalue weighted by Gasteiger charge is 2.17. The molecule has 0 fully saturated rings. The lowest BCUT2D eigenvalue weighted by molar-refractivity contribution is 0.367. The van der Waals surface area contributed by atoms with Crippen LogP contribution in [-0.4, -0.2) is 23.4 Å². The number of rotatable bonds is 5. The van der Waals surface area contributed by atoms with E-state index in [2.05, 4.69) is 48.5 Å². The van der Waals surface area contributed by atoms with Crippen molar-refractivity contribution in [2.75, 3.05) is 13.6 Å². The predicted molar refractivity (Wildman–Crippen MR) is 76.7 cm³/mol. The standard InChI is InChI=1S/C15H23N3/c1-11(2)12(10-16-3)9-14-13-7-5-6-8-15(13)18(4)17-14/h5-8,11-12,16H,9-10H2,1-4H3. The summed E-state index contributed by atoms with van der Waals surface area (Å²) in [7, 11) is 4.04. The maximum Gasteiger partial charge on any atom is 0.0706 e. The number of hydrogen-bond donors (Lipinski definition) is 1. The number of nitrogens with zero attached hydrogens (tertiary/aromatic N) is 2. The van der Waals surface area contributed by atoms with Crippen LogP contribution >= 0.6 is 0 Å². The number of fused-ring (bicyclic) bond motifs is 1. The zero-order chi connectivity index (χ0) is 13.1. The third-order valence-electron chi connectivity index (χ3n) is 3.70. The highest BCUT2D eigenvalue weighted by Crippen LogP contribution is 2.23. The van der Waals surface area contributed by atoms with Crippen molar-refractivity contribution in [3.63, 3.8) is 0 Å². The number of aromatic nitrogens is 2. The molecule has 1 N–H and O–H groups in total. The monoisotopic (exact) mass is 245 g/mol. The average molecular weight is 245 g/mol. The van der Waals surface area contributed by atoms with E-state index >= 15 is 0 Å². The maximum absolute atomic E-state index is 4.68. The summed E-state index contributed by atoms with van der Waals surface area (Å²) in [6.07, 6.45) is 1.04. The van der Waals surface area contributed by atoms with Gasteiger partial charge in [-0.3, -0.25) is 4.68 Å². The number of aryl methyl sites for hydroxylation is 1. The van der Waals surface area contributed by atoms with Crippen LogP contribution in [0.1, 0.15) is 19.5 Å². The molecule has 2 rings (SSSR count). The fourth-order valence-electron chi connectivity index (χ4n) is 2.49. The summed E-state index contributed by atoms with van der Waals surface area (Å²) in [5.74, 6) is 1.30. The summed E-state index contributed by atoms with van der Waals surface area (Å²) in [4.78, 5) is 0. The van der Waals surface area contributed by atoms with Gasteiger partial charge in [-0.15, -0.1) is 0 Å². The first kappa shape index (κ1) is 13.1. The normalized spacial score (nSPS) is 13.4. The SMILES string of the molecule is CNCC(Cc1nn(C)c2ccccc12)C(C)C. The van der Waals surface area contributed by atoms with Crippen LogP contribution in [-0.2, 0) is 13.5 Å². The van der Waals surface area contributed by atoms with Crippen molar-refractivity contribution in [3.8, 4) is 0 Å². The molecule has 0 bridgehead atoms. The van der Waals surface area contributed by atoms with Crippen LogP contribution in [0.5, 0.6) is 0 Å². The third kappa shape index (κ3) is 2.56. The van der Waals surface area contributed by atoms with Crippen molar-refractivity contribution in [1.82, 2.24) is 15.1 Å². The molecular formula is C15H23N3. The molecule has 0 saturated heterocycles. The third-order valence-corrected chi connectivity index (χ3v) is 3.70. The summed E-state index contributed by atoms with van der Waals surface area (Å²) in [6, 6.07) is 8.47. The lowest BCUT2D eigenvalue weighted by Crippen LogP contribution is -2.25. The van der Waals surface area contributed by atoms with Gasteiger partial charge in [0.05, 0.1) is 11.2 Å². The summed E-state index contributed by atoms with van der Waals surface area (Å²) in [6.45, 7) is 5.61. The van der Waals surface area contributed by atoms with Crippen LogP contribution < -0.4 is 5.32 Å². The van der Waals surface area contributed by atoms with Crippen LogP contribution in [0.4, 0.5) is 0 Å². The van der Waals surface area contributed by atoms with Gasteiger partial charge in [-0.25, -0.2) is 0 Å². The largest absolute Gasteiger partial charge is 0.319 e. The number of hydrogen-bond acceptors (Lipinski definition) is 2. The van der Waals surface area contributed by atoms with Crippen molar-refractivity contribution in [3.05, 3.63) is 30.0 Å². The molecule has 1 atom stereocenters. The molecule has 3 nitrogen and oxygen atoms in total. The zero-order valence-electron chi connectivity index (χ0n) is 11.8. The number of nitrogens with one attached hydrogen (secondary N) is 1. The van der Waals surface area contributed by atoms with Crippen LogP contribution in [0.25, 0.3) is 10.9 Å². The van der Waals surface area contributed by atoms with Gasteiger partial charge in [-0.1, -0.05) is 32.0 Å². The Morgan fingerprint density at radius 3 is 2.67 bits per heavy atom. The first-order valence-electron chi connectivity index (χ1n) is 6.68. The van der Waals surface area contributed by atoms with Gasteiger partial charge in [-0.05, 0) is 37.9 Å². The molecule has 18 heavy (non-hydrogen) atoms. The second-order valence-corrected chi connectivity index (χ2v) is 5.35. The van der Waals surface area contributed by atoms with E-state index in [1.165, 1.54) is 16.6 Å². The van der Waals surface area contributed by atoms with Crippen molar-refractivity contribution in [2.24, 2.45) is 18.9 Å². The molecule has 1 unspecified atom stereocenters. The Kier molecular flexibility index (Phi) is 4.02. The van der Waals surface area contributed by atoms with Gasteiger partial charge in [0, 0.05) is 12.4 Å². The Morgan fingerprint density at radius 2 is 2.00 bits per heavy atom. The van der Waals surface area contributed by atoms with Gasteiger partial charge in [0.15, 0.2) is 0 Å². The van der Waals surface area contributed by atoms with E-state index in [1.807, 2.05) is 18.8 Å². The van der Waals surface area contributed by atoms with Crippen molar-refractivity contribution < 1.29 is 0 Å². The lowest BCUT2D eigenvalue weighted by Gasteiger charge is -2.19. The molecule has 1 heterocycles. The summed E-state index contributed by atoms with van der Waals surface area (Å²) < 4.78 is 1.99. The fourth-order valence-corrected chi connectivity index (χ4v) is 2.49. The van der Waals surface area contributed by atoms with Crippen molar-refractivity contribution in [1.29, 1.82) is 0 Å². The molecule has 0 aliphatic rings. The number of benzene rings is 1. The average Bonchev–Trinajstić information content (AvgIpc) is 2.66. The van der Waals surface area contributed by atoms with Crippen LogP contribution in [0.3, 0.4) is 0 Å². The van der Waals surface area contributed by atoms with Crippen molar-refractivity contribution >= 4 is 10.9 Å². The fraction of sp³-hybridized carbons (Fsp3) is 0.533. The van der Waals surface area contributed by atoms with E-state index < -0.39 is 0 Å². The first-order chi connectivity index (χ1) is 8.63. The second kappa shape index (κ2) is 5.53. The smallest absolute Gasteiger partial charge is 0.0706 e. The van der Waals surface area contributed by atoms with E-state index in [4.69, 9.17) is 0 Å². The molecule has 0 amide bonds. The minimum Gasteiger partial charge on any atom is -0.319 e. The Bertz CT molecular complexity index is 513. The van der Waals surface area contributed by atoms with Gasteiger partial charge in [0.25, 0.3) is 0 Å². The molecule has 0 saturated carbocycles. The minimum atomic E-state index is 0.633. The zero-order valence-corrected chi connectivity index (χ0v) is 11.8. The van der Waals surface area contributed by atoms with Gasteiger partial charge in [0.1, 0.15) is 0 Å². The molecule has 0 radical (unpaired) electrons. The van der Waals surface area contributed by atoms with Gasteiger partial charge in [-0.2, -0.15) is 5.10 Å². The van der Waals surface area contributed by atoms with E-state index in [-0.39, 0.29) is 0 Å². The Hall–Kier alpha value is -1.35. The Labute approximate surface area is 109 Å². The van der Waals surface area contributed by atoms with E-state index in [9.17, 15) is 0 Å². The molecule has 3 heteroatoms. The lowest BCUT2D eigenvalue weighted by atomic mass is 9.90. The second-order valence-electron chi connectivity index (χ2n) is 5.35. The van der Waals surface area contributed by atoms with Gasteiger partial charge in [0.2, 0.25) is 0 Å². The molecule has 2 aromatic rings. The molecule has 0 aliphatic carbocycles. The van der Waals surface area contributed by atoms with E-state index in [0.29, 0.717) is 11.8 Å². The van der Waals surface area contributed by atoms with E-state index in [0.717, 1.165) is 13.0 Å². The number of para-hydroxylation sites is 1. The molecule has 0 spiro atoms. The van der Waals surface area contributed by atoms with Crippen LogP contribution in [0.15, 0.2) is 24.3 Å². The summed E-state index contributed by atoms with van der Waals surface area (Å²) in [5, 5.41) is 9.27. The van der Waals surface area contributed by atoms with Crippen molar-refractivity contribution in [2.45, 2.75) is 20.3 Å². The van der Waals surface area contributed by atoms with E-state index in [1.54, 1.807) is 0 Å². The summed E-state index contributed by atoms with van der Waals surface area (Å²) in [5.41, 5.74) is 2.45. The molecule has 1 aromatic carbocycles. The van der Waals surface area contributed by atoms with Crippen LogP contribution in [0, 0.1) is 11.8 Å². The molecule has 98 valence electrons. The topological polar surface area (TPSA) is 29.9 Å². The predicted octanol–water partition coefficient (Wildman–Crippen LogP) is 2.61. The quantitative estimate of drug-likeness (QED) is 0.877. The highest BCUT2D eigenvalue weighted by atomic mass is 15.3. The highest BCUT2D eigenvalue weighted by molar-refractivity contribution is 5.81. The van der Waals surface area contributed by atoms with Crippen LogP contribution in [0.2, 0.25) is 0 Å². The maximum atomic E-state index is 4.68. The Balaban J connectivity index is 2.30. The molecular weight excluding hydrogens is 222 g/mol. The van der Waals surface area contributed by atoms with Gasteiger partial charge < -0.3 is 5.32 Å². The molecule has 0 aliphatic heterocycles. The Morgan fingerprint density at radius 1 is 1.28 bits per heavy atom. The molecule has 1 aromatic heterocycles. The first-order valence-corrected chi connectivity index (χ1v) is 6.68. The summed E-state index contributed by atoms with van der Waals surface area (Å²) >= 11 is 0. The van der Waals surface area contributed by atoms with Gasteiger partial charge >= 0.3 is 0 Å². The minimum absolute atomic E-state index is 0.633.